The van der Waals surface area contributed by atoms with Gasteiger partial charge in [0.05, 0.1) is 0 Å². The maximum Gasteiger partial charge on any atom is 0.420 e. The molecule has 0 radical (unpaired) electrons. The predicted molar refractivity (Wildman–Crippen MR) is 159 cm³/mol. The Morgan fingerprint density at radius 2 is 1.18 bits per heavy atom. The van der Waals surface area contributed by atoms with Crippen molar-refractivity contribution in [3.63, 3.8) is 0 Å². The molecule has 2 fully saturated rings. The van der Waals surface area contributed by atoms with Crippen molar-refractivity contribution in [2.24, 2.45) is 0 Å². The molecule has 2 aliphatic heterocycles. The monoisotopic (exact) mass is 489 g/mol. The number of fused-ring (bicyclic) bond motifs is 4. The molecule has 0 bridgehead atoms. The standard InChI is InChI=1S/C35H28BNO/c1-3-12-28-23-30(20-18-25(28)9-1)35(31-21-19-26-10-2-4-13-29(26)24-31)34-17-8-22-37(34)36(38-35)33-16-7-14-27-11-5-6-15-32(27)33/h1-7,9-16,18-21,23-24,34H,8,17,22H2. The van der Waals surface area contributed by atoms with E-state index < -0.39 is 5.60 Å². The fourth-order valence-corrected chi connectivity index (χ4v) is 7.06. The summed E-state index contributed by atoms with van der Waals surface area (Å²) in [5.41, 5.74) is 3.18. The maximum absolute atomic E-state index is 7.51. The zero-order chi connectivity index (χ0) is 25.1. The summed E-state index contributed by atoms with van der Waals surface area (Å²) in [6.45, 7) is 1.04. The molecular formula is C35H28BNO. The highest BCUT2D eigenvalue weighted by Crippen LogP contribution is 2.50. The fourth-order valence-electron chi connectivity index (χ4n) is 7.06. The molecule has 0 spiro atoms. The SMILES string of the molecule is c1ccc2cc(C3(c4ccc5ccccc5c4)OB(c4cccc5ccccc45)N4CCCC43)ccc2c1. The Kier molecular flexibility index (Phi) is 4.98. The molecular weight excluding hydrogens is 461 g/mol. The topological polar surface area (TPSA) is 12.5 Å². The van der Waals surface area contributed by atoms with Crippen LogP contribution in [-0.4, -0.2) is 24.4 Å². The molecule has 0 amide bonds. The van der Waals surface area contributed by atoms with Crippen LogP contribution in [0, 0.1) is 0 Å². The molecule has 0 aliphatic carbocycles. The summed E-state index contributed by atoms with van der Waals surface area (Å²) in [7, 11) is -0.105. The van der Waals surface area contributed by atoms with Crippen LogP contribution in [0.25, 0.3) is 32.3 Å². The van der Waals surface area contributed by atoms with E-state index in [1.807, 2.05) is 0 Å². The van der Waals surface area contributed by atoms with Gasteiger partial charge in [-0.25, -0.2) is 0 Å². The summed E-state index contributed by atoms with van der Waals surface area (Å²) < 4.78 is 7.51. The van der Waals surface area contributed by atoms with Crippen LogP contribution < -0.4 is 5.46 Å². The van der Waals surface area contributed by atoms with Gasteiger partial charge in [0.25, 0.3) is 0 Å². The minimum atomic E-state index is -0.563. The lowest BCUT2D eigenvalue weighted by Crippen LogP contribution is -2.46. The first kappa shape index (κ1) is 22.1. The Hall–Kier alpha value is -3.92. The van der Waals surface area contributed by atoms with Gasteiger partial charge in [-0.2, -0.15) is 0 Å². The zero-order valence-corrected chi connectivity index (χ0v) is 21.3. The molecule has 8 rings (SSSR count). The van der Waals surface area contributed by atoms with Crippen LogP contribution in [0.2, 0.25) is 0 Å². The normalized spacial score (nSPS) is 18.9. The summed E-state index contributed by atoms with van der Waals surface area (Å²) in [6.07, 6.45) is 2.29. The molecule has 2 saturated heterocycles. The van der Waals surface area contributed by atoms with Crippen LogP contribution in [0.5, 0.6) is 0 Å². The summed E-state index contributed by atoms with van der Waals surface area (Å²) in [5.74, 6) is 0. The van der Waals surface area contributed by atoms with Gasteiger partial charge in [0.1, 0.15) is 5.60 Å². The molecule has 1 unspecified atom stereocenters. The average molecular weight is 489 g/mol. The minimum absolute atomic E-state index is 0.105. The fraction of sp³-hybridized carbons (Fsp3) is 0.143. The number of hydrogen-bond donors (Lipinski definition) is 0. The molecule has 2 nitrogen and oxygen atoms in total. The average Bonchev–Trinajstić information content (AvgIpc) is 3.59. The molecule has 0 N–H and O–H groups in total. The molecule has 38 heavy (non-hydrogen) atoms. The Labute approximate surface area is 223 Å². The van der Waals surface area contributed by atoms with Crippen LogP contribution >= 0.6 is 0 Å². The zero-order valence-electron chi connectivity index (χ0n) is 21.3. The summed E-state index contributed by atoms with van der Waals surface area (Å²) in [4.78, 5) is 2.63. The van der Waals surface area contributed by atoms with Crippen molar-refractivity contribution in [1.82, 2.24) is 4.81 Å². The first-order valence-electron chi connectivity index (χ1n) is 13.7. The van der Waals surface area contributed by atoms with Crippen LogP contribution in [0.15, 0.2) is 127 Å². The van der Waals surface area contributed by atoms with E-state index in [0.717, 1.165) is 13.0 Å². The lowest BCUT2D eigenvalue weighted by Gasteiger charge is -2.36. The van der Waals surface area contributed by atoms with Gasteiger partial charge in [-0.3, -0.25) is 0 Å². The summed E-state index contributed by atoms with van der Waals surface area (Å²) in [5, 5.41) is 7.57. The van der Waals surface area contributed by atoms with Gasteiger partial charge in [0.2, 0.25) is 0 Å². The number of benzene rings is 6. The second kappa shape index (κ2) is 8.56. The largest absolute Gasteiger partial charge is 0.420 e. The van der Waals surface area contributed by atoms with Gasteiger partial charge >= 0.3 is 7.05 Å². The number of hydrogen-bond acceptors (Lipinski definition) is 2. The van der Waals surface area contributed by atoms with E-state index in [0.29, 0.717) is 0 Å². The molecule has 0 saturated carbocycles. The smallest absolute Gasteiger partial charge is 0.402 e. The van der Waals surface area contributed by atoms with Gasteiger partial charge in [0.15, 0.2) is 0 Å². The third-order valence-corrected chi connectivity index (χ3v) is 8.81. The van der Waals surface area contributed by atoms with E-state index in [1.54, 1.807) is 0 Å². The molecule has 182 valence electrons. The Balaban J connectivity index is 1.39. The first-order chi connectivity index (χ1) is 18.8. The van der Waals surface area contributed by atoms with Crippen molar-refractivity contribution >= 4 is 44.8 Å². The molecule has 0 aromatic heterocycles. The minimum Gasteiger partial charge on any atom is -0.402 e. The van der Waals surface area contributed by atoms with Crippen molar-refractivity contribution in [2.45, 2.75) is 24.5 Å². The second-order valence-corrected chi connectivity index (χ2v) is 10.8. The molecule has 6 aromatic carbocycles. The summed E-state index contributed by atoms with van der Waals surface area (Å²) >= 11 is 0. The lowest BCUT2D eigenvalue weighted by atomic mass is 9.70. The van der Waals surface area contributed by atoms with E-state index >= 15 is 0 Å². The summed E-state index contributed by atoms with van der Waals surface area (Å²) in [6, 6.07) is 46.8. The molecule has 1 atom stereocenters. The number of nitrogens with zero attached hydrogens (tertiary/aromatic N) is 1. The van der Waals surface area contributed by atoms with Crippen molar-refractivity contribution in [2.75, 3.05) is 6.54 Å². The Morgan fingerprint density at radius 3 is 1.87 bits per heavy atom. The Morgan fingerprint density at radius 1 is 0.605 bits per heavy atom. The highest BCUT2D eigenvalue weighted by Gasteiger charge is 2.59. The van der Waals surface area contributed by atoms with E-state index in [1.165, 1.54) is 55.3 Å². The van der Waals surface area contributed by atoms with Gasteiger partial charge in [-0.1, -0.05) is 115 Å². The third-order valence-electron chi connectivity index (χ3n) is 8.81. The van der Waals surface area contributed by atoms with Crippen LogP contribution in [0.4, 0.5) is 0 Å². The molecule has 6 aromatic rings. The highest BCUT2D eigenvalue weighted by atomic mass is 16.5. The lowest BCUT2D eigenvalue weighted by molar-refractivity contribution is 0.107. The molecule has 3 heteroatoms. The molecule has 2 heterocycles. The van der Waals surface area contributed by atoms with Crippen molar-refractivity contribution in [3.8, 4) is 0 Å². The van der Waals surface area contributed by atoms with Crippen LogP contribution in [-0.2, 0) is 10.3 Å². The van der Waals surface area contributed by atoms with E-state index in [2.05, 4.69) is 132 Å². The van der Waals surface area contributed by atoms with Gasteiger partial charge in [0, 0.05) is 6.04 Å². The van der Waals surface area contributed by atoms with E-state index in [4.69, 9.17) is 4.65 Å². The number of rotatable bonds is 3. The van der Waals surface area contributed by atoms with E-state index in [-0.39, 0.29) is 13.1 Å². The second-order valence-electron chi connectivity index (χ2n) is 10.8. The maximum atomic E-state index is 7.51. The Bertz CT molecular complexity index is 1740. The van der Waals surface area contributed by atoms with E-state index in [9.17, 15) is 0 Å². The molecule has 2 aliphatic rings. The van der Waals surface area contributed by atoms with Gasteiger partial charge in [-0.05, 0) is 80.4 Å². The third kappa shape index (κ3) is 3.22. The van der Waals surface area contributed by atoms with Gasteiger partial charge in [-0.15, -0.1) is 0 Å². The van der Waals surface area contributed by atoms with Crippen LogP contribution in [0.1, 0.15) is 24.0 Å². The van der Waals surface area contributed by atoms with Crippen molar-refractivity contribution in [1.29, 1.82) is 0 Å². The first-order valence-corrected chi connectivity index (χ1v) is 13.7. The predicted octanol–water partition coefficient (Wildman–Crippen LogP) is 7.28. The van der Waals surface area contributed by atoms with Crippen molar-refractivity contribution in [3.05, 3.63) is 139 Å². The van der Waals surface area contributed by atoms with Crippen LogP contribution in [0.3, 0.4) is 0 Å². The van der Waals surface area contributed by atoms with Crippen molar-refractivity contribution < 1.29 is 4.65 Å². The van der Waals surface area contributed by atoms with Gasteiger partial charge < -0.3 is 9.47 Å². The highest BCUT2D eigenvalue weighted by molar-refractivity contribution is 6.68. The quantitative estimate of drug-likeness (QED) is 0.242.